The summed E-state index contributed by atoms with van der Waals surface area (Å²) in [4.78, 5) is 12.2. The fourth-order valence-corrected chi connectivity index (χ4v) is 2.90. The van der Waals surface area contributed by atoms with Gasteiger partial charge in [-0.25, -0.2) is 5.43 Å². The molecule has 1 fully saturated rings. The molecule has 0 aliphatic heterocycles. The van der Waals surface area contributed by atoms with Crippen molar-refractivity contribution in [3.8, 4) is 5.75 Å². The number of carbonyl (C=O) groups excluding carboxylic acids is 1. The van der Waals surface area contributed by atoms with Crippen LogP contribution >= 0.6 is 0 Å². The van der Waals surface area contributed by atoms with Crippen molar-refractivity contribution in [1.82, 2.24) is 5.43 Å². The number of hydrogen-bond acceptors (Lipinski definition) is 3. The van der Waals surface area contributed by atoms with Crippen LogP contribution in [-0.2, 0) is 10.2 Å². The van der Waals surface area contributed by atoms with Crippen molar-refractivity contribution in [2.24, 2.45) is 11.0 Å². The minimum absolute atomic E-state index is 0.00236. The minimum atomic E-state index is -0.0417. The average molecular weight is 336 g/mol. The predicted molar refractivity (Wildman–Crippen MR) is 99.8 cm³/mol. The van der Waals surface area contributed by atoms with Gasteiger partial charge in [0.2, 0.25) is 5.91 Å². The number of phenolic OH excluding ortho intramolecular Hbond substituents is 1. The lowest BCUT2D eigenvalue weighted by Gasteiger charge is -2.19. The molecule has 4 heteroatoms. The summed E-state index contributed by atoms with van der Waals surface area (Å²) >= 11 is 0. The Morgan fingerprint density at radius 3 is 2.36 bits per heavy atom. The molecule has 130 valence electrons. The molecule has 0 heterocycles. The second kappa shape index (κ2) is 6.71. The maximum absolute atomic E-state index is 12.2. The van der Waals surface area contributed by atoms with Crippen LogP contribution < -0.4 is 5.43 Å². The molecule has 2 aromatic rings. The van der Waals surface area contributed by atoms with Crippen molar-refractivity contribution in [3.05, 3.63) is 65.2 Å². The number of carbonyl (C=O) groups is 1. The maximum Gasteiger partial charge on any atom is 0.243 e. The molecular weight excluding hydrogens is 312 g/mol. The van der Waals surface area contributed by atoms with Crippen LogP contribution in [0, 0.1) is 5.92 Å². The molecule has 1 aliphatic carbocycles. The highest BCUT2D eigenvalue weighted by molar-refractivity contribution is 5.85. The van der Waals surface area contributed by atoms with Gasteiger partial charge in [-0.05, 0) is 58.7 Å². The van der Waals surface area contributed by atoms with Gasteiger partial charge < -0.3 is 5.11 Å². The van der Waals surface area contributed by atoms with E-state index in [2.05, 4.69) is 55.6 Å². The van der Waals surface area contributed by atoms with Gasteiger partial charge in [-0.1, -0.05) is 45.0 Å². The van der Waals surface area contributed by atoms with Crippen molar-refractivity contribution in [1.29, 1.82) is 0 Å². The minimum Gasteiger partial charge on any atom is -0.508 e. The third-order valence-electron chi connectivity index (χ3n) is 4.61. The van der Waals surface area contributed by atoms with Crippen molar-refractivity contribution >= 4 is 12.1 Å². The highest BCUT2D eigenvalue weighted by atomic mass is 16.3. The molecule has 0 aromatic heterocycles. The zero-order valence-corrected chi connectivity index (χ0v) is 14.9. The van der Waals surface area contributed by atoms with Crippen LogP contribution in [0.1, 0.15) is 49.8 Å². The number of phenols is 1. The summed E-state index contributed by atoms with van der Waals surface area (Å²) in [6, 6.07) is 15.2. The van der Waals surface area contributed by atoms with Gasteiger partial charge in [-0.15, -0.1) is 0 Å². The lowest BCUT2D eigenvalue weighted by Crippen LogP contribution is -2.20. The van der Waals surface area contributed by atoms with Crippen molar-refractivity contribution < 1.29 is 9.90 Å². The highest BCUT2D eigenvalue weighted by Crippen LogP contribution is 2.47. The first-order valence-corrected chi connectivity index (χ1v) is 8.57. The van der Waals surface area contributed by atoms with Gasteiger partial charge >= 0.3 is 0 Å². The molecule has 4 nitrogen and oxygen atoms in total. The van der Waals surface area contributed by atoms with Crippen LogP contribution in [0.25, 0.3) is 0 Å². The Kier molecular flexibility index (Phi) is 4.62. The van der Waals surface area contributed by atoms with Crippen LogP contribution in [0.5, 0.6) is 5.75 Å². The van der Waals surface area contributed by atoms with Crippen molar-refractivity contribution in [2.45, 2.75) is 38.5 Å². The van der Waals surface area contributed by atoms with E-state index in [1.54, 1.807) is 30.5 Å². The fraction of sp³-hybridized carbons (Fsp3) is 0.333. The third-order valence-corrected chi connectivity index (χ3v) is 4.61. The lowest BCUT2D eigenvalue weighted by atomic mass is 9.86. The van der Waals surface area contributed by atoms with E-state index in [-0.39, 0.29) is 28.9 Å². The third kappa shape index (κ3) is 4.27. The van der Waals surface area contributed by atoms with Crippen LogP contribution in [0.15, 0.2) is 53.6 Å². The molecule has 0 spiro atoms. The molecule has 1 amide bonds. The largest absolute Gasteiger partial charge is 0.508 e. The van der Waals surface area contributed by atoms with E-state index in [0.29, 0.717) is 0 Å². The molecule has 0 radical (unpaired) electrons. The van der Waals surface area contributed by atoms with E-state index >= 15 is 0 Å². The van der Waals surface area contributed by atoms with E-state index < -0.39 is 0 Å². The Balaban J connectivity index is 1.54. The number of aromatic hydroxyl groups is 1. The number of nitrogens with one attached hydrogen (secondary N) is 1. The summed E-state index contributed by atoms with van der Waals surface area (Å²) in [5.41, 5.74) is 6.09. The molecule has 2 aromatic carbocycles. The van der Waals surface area contributed by atoms with Crippen LogP contribution in [-0.4, -0.2) is 17.2 Å². The summed E-state index contributed by atoms with van der Waals surface area (Å²) in [6.45, 7) is 6.59. The molecule has 1 saturated carbocycles. The second-order valence-corrected chi connectivity index (χ2v) is 7.65. The van der Waals surface area contributed by atoms with Crippen LogP contribution in [0.4, 0.5) is 0 Å². The molecule has 3 rings (SSSR count). The first-order valence-electron chi connectivity index (χ1n) is 8.57. The lowest BCUT2D eigenvalue weighted by molar-refractivity contribution is -0.122. The van der Waals surface area contributed by atoms with Gasteiger partial charge in [0.1, 0.15) is 5.75 Å². The Morgan fingerprint density at radius 1 is 1.12 bits per heavy atom. The molecule has 0 unspecified atom stereocenters. The van der Waals surface area contributed by atoms with E-state index in [1.165, 1.54) is 11.1 Å². The van der Waals surface area contributed by atoms with Gasteiger partial charge in [0.15, 0.2) is 0 Å². The second-order valence-electron chi connectivity index (χ2n) is 7.65. The summed E-state index contributed by atoms with van der Waals surface area (Å²) in [7, 11) is 0. The first kappa shape index (κ1) is 17.2. The Morgan fingerprint density at radius 2 is 1.76 bits per heavy atom. The van der Waals surface area contributed by atoms with Crippen LogP contribution in [0.2, 0.25) is 0 Å². The average Bonchev–Trinajstić information content (AvgIpc) is 3.37. The van der Waals surface area contributed by atoms with Gasteiger partial charge in [0.05, 0.1) is 6.21 Å². The van der Waals surface area contributed by atoms with Gasteiger partial charge in [0, 0.05) is 5.92 Å². The van der Waals surface area contributed by atoms with E-state index in [9.17, 15) is 9.90 Å². The Bertz CT molecular complexity index is 771. The normalized spacial score (nSPS) is 19.8. The summed E-state index contributed by atoms with van der Waals surface area (Å²) < 4.78 is 0. The smallest absolute Gasteiger partial charge is 0.243 e. The standard InChI is InChI=1S/C21H24N2O2/c1-21(2,3)16-8-6-15(7-9-16)18-12-19(18)20(25)23-22-13-14-4-10-17(24)11-5-14/h4-11,13,18-19,24H,12H2,1-3H3,(H,23,25)/b22-13-/t18-,19+/m1/s1. The number of hydrogen-bond donors (Lipinski definition) is 2. The number of rotatable bonds is 4. The van der Waals surface area contributed by atoms with E-state index in [4.69, 9.17) is 0 Å². The zero-order valence-electron chi connectivity index (χ0n) is 14.9. The van der Waals surface area contributed by atoms with Gasteiger partial charge in [-0.3, -0.25) is 4.79 Å². The first-order chi connectivity index (χ1) is 11.8. The predicted octanol–water partition coefficient (Wildman–Crippen LogP) is 3.94. The molecule has 0 saturated heterocycles. The van der Waals surface area contributed by atoms with Crippen molar-refractivity contribution in [2.75, 3.05) is 0 Å². The SMILES string of the molecule is CC(C)(C)c1ccc([C@H]2C[C@@H]2C(=O)N/N=C\c2ccc(O)cc2)cc1. The molecule has 0 bridgehead atoms. The number of hydrazone groups is 1. The highest BCUT2D eigenvalue weighted by Gasteiger charge is 2.43. The van der Waals surface area contributed by atoms with Crippen LogP contribution in [0.3, 0.4) is 0 Å². The monoisotopic (exact) mass is 336 g/mol. The summed E-state index contributed by atoms with van der Waals surface area (Å²) in [5, 5.41) is 13.2. The zero-order chi connectivity index (χ0) is 18.0. The van der Waals surface area contributed by atoms with E-state index in [1.807, 2.05) is 0 Å². The quantitative estimate of drug-likeness (QED) is 0.656. The Labute approximate surface area is 148 Å². The topological polar surface area (TPSA) is 61.7 Å². The number of benzene rings is 2. The molecule has 2 N–H and O–H groups in total. The number of nitrogens with zero attached hydrogens (tertiary/aromatic N) is 1. The summed E-state index contributed by atoms with van der Waals surface area (Å²) in [5.74, 6) is 0.453. The van der Waals surface area contributed by atoms with Gasteiger partial charge in [0.25, 0.3) is 0 Å². The molecular formula is C21H24N2O2. The molecule has 2 atom stereocenters. The van der Waals surface area contributed by atoms with Crippen molar-refractivity contribution in [3.63, 3.8) is 0 Å². The molecule has 25 heavy (non-hydrogen) atoms. The maximum atomic E-state index is 12.2. The fourth-order valence-electron chi connectivity index (χ4n) is 2.90. The summed E-state index contributed by atoms with van der Waals surface area (Å²) in [6.07, 6.45) is 2.45. The molecule has 1 aliphatic rings. The van der Waals surface area contributed by atoms with E-state index in [0.717, 1.165) is 12.0 Å². The number of amides is 1. The Hall–Kier alpha value is -2.62. The van der Waals surface area contributed by atoms with Gasteiger partial charge in [-0.2, -0.15) is 5.10 Å².